The number of nitrogens with one attached hydrogen (secondary N) is 1. The summed E-state index contributed by atoms with van der Waals surface area (Å²) in [5.41, 5.74) is 0.324. The van der Waals surface area contributed by atoms with E-state index in [1.54, 1.807) is 0 Å². The van der Waals surface area contributed by atoms with Crippen LogP contribution >= 0.6 is 0 Å². The monoisotopic (exact) mass is 288 g/mol. The number of benzene rings is 1. The minimum absolute atomic E-state index is 0.0937. The van der Waals surface area contributed by atoms with Crippen LogP contribution in [0.4, 0.5) is 5.69 Å². The number of hydrogen-bond donors (Lipinski definition) is 3. The van der Waals surface area contributed by atoms with Crippen LogP contribution < -0.4 is 5.32 Å². The number of pyridine rings is 1. The van der Waals surface area contributed by atoms with E-state index in [9.17, 15) is 15.0 Å². The molecule has 0 saturated carbocycles. The van der Waals surface area contributed by atoms with Gasteiger partial charge in [-0.15, -0.1) is 0 Å². The van der Waals surface area contributed by atoms with Crippen molar-refractivity contribution in [3.63, 3.8) is 0 Å². The standard InChI is InChI=1S/C15H16N2O4/c18-14(19)11-7-16-12-4-2-1-3-10(12)13(11)17-8-15(20)5-6-21-9-15/h1-4,7,20H,5-6,8-9H2,(H,16,17)(H,18,19). The molecule has 1 saturated heterocycles. The fourth-order valence-electron chi connectivity index (χ4n) is 2.48. The van der Waals surface area contributed by atoms with Crippen molar-refractivity contribution >= 4 is 22.6 Å². The van der Waals surface area contributed by atoms with Gasteiger partial charge in [-0.1, -0.05) is 18.2 Å². The zero-order valence-electron chi connectivity index (χ0n) is 11.4. The van der Waals surface area contributed by atoms with Gasteiger partial charge >= 0.3 is 5.97 Å². The lowest BCUT2D eigenvalue weighted by atomic mass is 10.0. The molecule has 1 fully saturated rings. The third kappa shape index (κ3) is 2.68. The Hall–Kier alpha value is -2.18. The highest BCUT2D eigenvalue weighted by Crippen LogP contribution is 2.27. The van der Waals surface area contributed by atoms with Crippen molar-refractivity contribution in [1.82, 2.24) is 4.98 Å². The quantitative estimate of drug-likeness (QED) is 0.789. The van der Waals surface area contributed by atoms with E-state index in [1.807, 2.05) is 24.3 Å². The summed E-state index contributed by atoms with van der Waals surface area (Å²) in [7, 11) is 0. The van der Waals surface area contributed by atoms with Crippen molar-refractivity contribution in [2.45, 2.75) is 12.0 Å². The summed E-state index contributed by atoms with van der Waals surface area (Å²) in [5.74, 6) is -1.05. The summed E-state index contributed by atoms with van der Waals surface area (Å²) in [6.07, 6.45) is 1.87. The number of aromatic carboxylic acids is 1. The van der Waals surface area contributed by atoms with Crippen LogP contribution in [-0.4, -0.2) is 46.5 Å². The van der Waals surface area contributed by atoms with Gasteiger partial charge in [-0.05, 0) is 6.07 Å². The lowest BCUT2D eigenvalue weighted by molar-refractivity contribution is 0.0381. The van der Waals surface area contributed by atoms with Gasteiger partial charge in [0.15, 0.2) is 0 Å². The molecule has 21 heavy (non-hydrogen) atoms. The van der Waals surface area contributed by atoms with E-state index in [0.29, 0.717) is 24.2 Å². The molecule has 1 aliphatic rings. The highest BCUT2D eigenvalue weighted by molar-refractivity contribution is 6.04. The second-order valence-electron chi connectivity index (χ2n) is 5.25. The molecular weight excluding hydrogens is 272 g/mol. The molecule has 2 heterocycles. The summed E-state index contributed by atoms with van der Waals surface area (Å²) in [4.78, 5) is 15.5. The van der Waals surface area contributed by atoms with Crippen LogP contribution in [0.5, 0.6) is 0 Å². The van der Waals surface area contributed by atoms with Crippen molar-refractivity contribution in [2.75, 3.05) is 25.1 Å². The number of hydrogen-bond acceptors (Lipinski definition) is 5. The van der Waals surface area contributed by atoms with E-state index < -0.39 is 11.6 Å². The summed E-state index contributed by atoms with van der Waals surface area (Å²) >= 11 is 0. The first-order valence-corrected chi connectivity index (χ1v) is 6.74. The van der Waals surface area contributed by atoms with Crippen LogP contribution in [0, 0.1) is 0 Å². The maximum absolute atomic E-state index is 11.4. The number of rotatable bonds is 4. The number of nitrogens with zero attached hydrogens (tertiary/aromatic N) is 1. The molecule has 1 aromatic heterocycles. The van der Waals surface area contributed by atoms with Gasteiger partial charge in [0.05, 0.1) is 17.8 Å². The molecule has 3 N–H and O–H groups in total. The van der Waals surface area contributed by atoms with Crippen LogP contribution in [0.3, 0.4) is 0 Å². The van der Waals surface area contributed by atoms with Crippen LogP contribution in [0.25, 0.3) is 10.9 Å². The average molecular weight is 288 g/mol. The van der Waals surface area contributed by atoms with Crippen LogP contribution in [0.1, 0.15) is 16.8 Å². The Labute approximate surface area is 121 Å². The van der Waals surface area contributed by atoms with Crippen molar-refractivity contribution in [1.29, 1.82) is 0 Å². The summed E-state index contributed by atoms with van der Waals surface area (Å²) < 4.78 is 5.20. The Morgan fingerprint density at radius 3 is 2.95 bits per heavy atom. The molecule has 0 aliphatic carbocycles. The molecule has 2 aromatic rings. The molecule has 6 nitrogen and oxygen atoms in total. The van der Waals surface area contributed by atoms with Gasteiger partial charge in [-0.2, -0.15) is 0 Å². The molecule has 1 aliphatic heterocycles. The number of aliphatic hydroxyl groups is 1. The molecule has 110 valence electrons. The minimum Gasteiger partial charge on any atom is -0.478 e. The van der Waals surface area contributed by atoms with Crippen molar-refractivity contribution in [2.24, 2.45) is 0 Å². The number of anilines is 1. The van der Waals surface area contributed by atoms with Crippen LogP contribution in [0.15, 0.2) is 30.5 Å². The lowest BCUT2D eigenvalue weighted by Gasteiger charge is -2.22. The number of carbonyl (C=O) groups is 1. The first kappa shape index (κ1) is 13.8. The largest absolute Gasteiger partial charge is 0.478 e. The highest BCUT2D eigenvalue weighted by Gasteiger charge is 2.32. The summed E-state index contributed by atoms with van der Waals surface area (Å²) in [5, 5.41) is 23.4. The predicted octanol–water partition coefficient (Wildman–Crippen LogP) is 1.50. The smallest absolute Gasteiger partial charge is 0.339 e. The number of ether oxygens (including phenoxy) is 1. The van der Waals surface area contributed by atoms with E-state index in [4.69, 9.17) is 4.74 Å². The van der Waals surface area contributed by atoms with Crippen molar-refractivity contribution < 1.29 is 19.7 Å². The third-order valence-corrected chi connectivity index (χ3v) is 3.68. The highest BCUT2D eigenvalue weighted by atomic mass is 16.5. The van der Waals surface area contributed by atoms with E-state index in [1.165, 1.54) is 6.20 Å². The number of carboxylic acids is 1. The predicted molar refractivity (Wildman–Crippen MR) is 77.6 cm³/mol. The molecule has 1 aromatic carbocycles. The summed E-state index contributed by atoms with van der Waals surface area (Å²) in [6.45, 7) is 1.01. The minimum atomic E-state index is -1.05. The summed E-state index contributed by atoms with van der Waals surface area (Å²) in [6, 6.07) is 7.30. The maximum Gasteiger partial charge on any atom is 0.339 e. The zero-order chi connectivity index (χ0) is 14.9. The number of fused-ring (bicyclic) bond motifs is 1. The van der Waals surface area contributed by atoms with Gasteiger partial charge in [0.1, 0.15) is 11.2 Å². The second kappa shape index (κ2) is 5.31. The van der Waals surface area contributed by atoms with Gasteiger partial charge in [0.2, 0.25) is 0 Å². The normalized spacial score (nSPS) is 21.6. The molecule has 1 unspecified atom stereocenters. The fourth-order valence-corrected chi connectivity index (χ4v) is 2.48. The number of carboxylic acid groups (broad SMARTS) is 1. The Bertz CT molecular complexity index is 680. The third-order valence-electron chi connectivity index (χ3n) is 3.68. The topological polar surface area (TPSA) is 91.7 Å². The molecule has 1 atom stereocenters. The Balaban J connectivity index is 1.98. The molecule has 0 radical (unpaired) electrons. The van der Waals surface area contributed by atoms with Gasteiger partial charge in [-0.25, -0.2) is 4.79 Å². The molecule has 6 heteroatoms. The van der Waals surface area contributed by atoms with E-state index in [-0.39, 0.29) is 18.7 Å². The van der Waals surface area contributed by atoms with Gasteiger partial charge < -0.3 is 20.3 Å². The van der Waals surface area contributed by atoms with Crippen molar-refractivity contribution in [3.05, 3.63) is 36.0 Å². The average Bonchev–Trinajstić information content (AvgIpc) is 2.91. The van der Waals surface area contributed by atoms with E-state index in [2.05, 4.69) is 10.3 Å². The number of aromatic nitrogens is 1. The lowest BCUT2D eigenvalue weighted by Crippen LogP contribution is -2.37. The molecule has 3 rings (SSSR count). The van der Waals surface area contributed by atoms with Gasteiger partial charge in [0, 0.05) is 31.2 Å². The fraction of sp³-hybridized carbons (Fsp3) is 0.333. The van der Waals surface area contributed by atoms with Gasteiger partial charge in [0.25, 0.3) is 0 Å². The van der Waals surface area contributed by atoms with E-state index in [0.717, 1.165) is 5.39 Å². The van der Waals surface area contributed by atoms with Crippen LogP contribution in [-0.2, 0) is 4.74 Å². The first-order valence-electron chi connectivity index (χ1n) is 6.74. The maximum atomic E-state index is 11.4. The number of para-hydroxylation sites is 1. The Morgan fingerprint density at radius 1 is 1.43 bits per heavy atom. The molecule has 0 amide bonds. The van der Waals surface area contributed by atoms with Crippen LogP contribution in [0.2, 0.25) is 0 Å². The Kier molecular flexibility index (Phi) is 3.48. The van der Waals surface area contributed by atoms with Crippen molar-refractivity contribution in [3.8, 4) is 0 Å². The molecule has 0 spiro atoms. The zero-order valence-corrected chi connectivity index (χ0v) is 11.4. The SMILES string of the molecule is O=C(O)c1cnc2ccccc2c1NCC1(O)CCOC1. The molecular formula is C15H16N2O4. The van der Waals surface area contributed by atoms with Gasteiger partial charge in [-0.3, -0.25) is 4.98 Å². The van der Waals surface area contributed by atoms with E-state index >= 15 is 0 Å². The molecule has 0 bridgehead atoms. The second-order valence-corrected chi connectivity index (χ2v) is 5.25. The Morgan fingerprint density at radius 2 is 2.24 bits per heavy atom. The first-order chi connectivity index (χ1) is 10.1.